The second-order valence-electron chi connectivity index (χ2n) is 7.11. The number of halogens is 2. The first-order valence-corrected chi connectivity index (χ1v) is 9.10. The SMILES string of the molecule is CN1CC[C@H](NC(=O)N2CCN(c3ccc(F)cc3)c3cc(F)ccc32)C1. The molecule has 0 bridgehead atoms. The lowest BCUT2D eigenvalue weighted by Gasteiger charge is -2.38. The molecule has 2 amide bonds. The van der Waals surface area contributed by atoms with Crippen molar-refractivity contribution in [1.82, 2.24) is 10.2 Å². The molecule has 7 heteroatoms. The summed E-state index contributed by atoms with van der Waals surface area (Å²) in [4.78, 5) is 18.6. The van der Waals surface area contributed by atoms with Crippen LogP contribution in [0.5, 0.6) is 0 Å². The molecule has 0 spiro atoms. The molecule has 0 unspecified atom stereocenters. The second kappa shape index (κ2) is 7.15. The molecular formula is C20H22F2N4O. The molecule has 2 aliphatic rings. The van der Waals surface area contributed by atoms with Crippen LogP contribution >= 0.6 is 0 Å². The van der Waals surface area contributed by atoms with E-state index in [0.29, 0.717) is 24.5 Å². The van der Waals surface area contributed by atoms with Crippen molar-refractivity contribution in [3.8, 4) is 0 Å². The van der Waals surface area contributed by atoms with Crippen LogP contribution in [0, 0.1) is 11.6 Å². The molecule has 5 nitrogen and oxygen atoms in total. The van der Waals surface area contributed by atoms with Crippen LogP contribution in [0.2, 0.25) is 0 Å². The van der Waals surface area contributed by atoms with Crippen LogP contribution in [0.4, 0.5) is 30.6 Å². The Labute approximate surface area is 157 Å². The fraction of sp³-hybridized carbons (Fsp3) is 0.350. The number of nitrogens with zero attached hydrogens (tertiary/aromatic N) is 3. The molecule has 2 aliphatic heterocycles. The van der Waals surface area contributed by atoms with Gasteiger partial charge in [0.25, 0.3) is 0 Å². The van der Waals surface area contributed by atoms with Gasteiger partial charge in [-0.25, -0.2) is 13.6 Å². The Morgan fingerprint density at radius 2 is 1.74 bits per heavy atom. The molecule has 142 valence electrons. The number of carbonyl (C=O) groups is 1. The third kappa shape index (κ3) is 3.60. The van der Waals surface area contributed by atoms with E-state index in [1.165, 1.54) is 24.3 Å². The Kier molecular flexibility index (Phi) is 4.70. The van der Waals surface area contributed by atoms with Crippen LogP contribution < -0.4 is 15.1 Å². The van der Waals surface area contributed by atoms with Crippen molar-refractivity contribution in [3.05, 3.63) is 54.1 Å². The van der Waals surface area contributed by atoms with Gasteiger partial charge in [0.15, 0.2) is 0 Å². The van der Waals surface area contributed by atoms with Crippen LogP contribution in [0.25, 0.3) is 0 Å². The second-order valence-corrected chi connectivity index (χ2v) is 7.11. The highest BCUT2D eigenvalue weighted by Crippen LogP contribution is 2.38. The molecule has 0 aromatic heterocycles. The van der Waals surface area contributed by atoms with Crippen molar-refractivity contribution >= 4 is 23.1 Å². The van der Waals surface area contributed by atoms with Gasteiger partial charge < -0.3 is 15.1 Å². The molecule has 27 heavy (non-hydrogen) atoms. The average Bonchev–Trinajstić information content (AvgIpc) is 3.06. The Balaban J connectivity index is 1.61. The summed E-state index contributed by atoms with van der Waals surface area (Å²) in [5.74, 6) is -0.696. The van der Waals surface area contributed by atoms with Crippen LogP contribution in [-0.2, 0) is 0 Å². The third-order valence-corrected chi connectivity index (χ3v) is 5.17. The van der Waals surface area contributed by atoms with Gasteiger partial charge in [0, 0.05) is 31.4 Å². The first-order valence-electron chi connectivity index (χ1n) is 9.10. The van der Waals surface area contributed by atoms with Crippen LogP contribution in [-0.4, -0.2) is 50.2 Å². The summed E-state index contributed by atoms with van der Waals surface area (Å²) in [6.07, 6.45) is 0.925. The van der Waals surface area contributed by atoms with Gasteiger partial charge in [0.05, 0.1) is 11.4 Å². The van der Waals surface area contributed by atoms with Gasteiger partial charge in [-0.15, -0.1) is 0 Å². The van der Waals surface area contributed by atoms with Crippen LogP contribution in [0.1, 0.15) is 6.42 Å². The molecule has 1 N–H and O–H groups in total. The molecule has 1 atom stereocenters. The topological polar surface area (TPSA) is 38.8 Å². The number of nitrogens with one attached hydrogen (secondary N) is 1. The molecule has 1 fully saturated rings. The number of benzene rings is 2. The first-order chi connectivity index (χ1) is 13.0. The van der Waals surface area contributed by atoms with E-state index in [0.717, 1.165) is 25.2 Å². The summed E-state index contributed by atoms with van der Waals surface area (Å²) in [5.41, 5.74) is 2.02. The van der Waals surface area contributed by atoms with E-state index in [-0.39, 0.29) is 23.7 Å². The maximum atomic E-state index is 13.9. The fourth-order valence-electron chi connectivity index (χ4n) is 3.79. The van der Waals surface area contributed by atoms with E-state index < -0.39 is 0 Å². The van der Waals surface area contributed by atoms with Gasteiger partial charge in [-0.1, -0.05) is 0 Å². The molecule has 2 aromatic carbocycles. The number of hydrogen-bond donors (Lipinski definition) is 1. The van der Waals surface area contributed by atoms with Gasteiger partial charge >= 0.3 is 6.03 Å². The number of carbonyl (C=O) groups excluding carboxylic acids is 1. The number of likely N-dealkylation sites (N-methyl/N-ethyl adjacent to an activating group) is 1. The van der Waals surface area contributed by atoms with Crippen molar-refractivity contribution in [2.24, 2.45) is 0 Å². The molecule has 4 rings (SSSR count). The summed E-state index contributed by atoms with van der Waals surface area (Å²) in [7, 11) is 2.03. The maximum Gasteiger partial charge on any atom is 0.322 e. The minimum atomic E-state index is -0.375. The van der Waals surface area contributed by atoms with Crippen molar-refractivity contribution in [3.63, 3.8) is 0 Å². The number of rotatable bonds is 2. The number of likely N-dealkylation sites (tertiary alicyclic amines) is 1. The van der Waals surface area contributed by atoms with Crippen LogP contribution in [0.3, 0.4) is 0 Å². The quantitative estimate of drug-likeness (QED) is 0.879. The van der Waals surface area contributed by atoms with Crippen molar-refractivity contribution in [1.29, 1.82) is 0 Å². The highest BCUT2D eigenvalue weighted by molar-refractivity contribution is 5.98. The lowest BCUT2D eigenvalue weighted by Crippen LogP contribution is -2.50. The monoisotopic (exact) mass is 372 g/mol. The highest BCUT2D eigenvalue weighted by Gasteiger charge is 2.30. The van der Waals surface area contributed by atoms with E-state index >= 15 is 0 Å². The van der Waals surface area contributed by atoms with Crippen molar-refractivity contribution in [2.75, 3.05) is 43.0 Å². The van der Waals surface area contributed by atoms with E-state index in [1.807, 2.05) is 11.9 Å². The smallest absolute Gasteiger partial charge is 0.322 e. The summed E-state index contributed by atoms with van der Waals surface area (Å²) in [6, 6.07) is 10.4. The molecule has 2 heterocycles. The van der Waals surface area contributed by atoms with Crippen molar-refractivity contribution < 1.29 is 13.6 Å². The zero-order valence-electron chi connectivity index (χ0n) is 15.2. The zero-order chi connectivity index (χ0) is 19.0. The third-order valence-electron chi connectivity index (χ3n) is 5.17. The minimum Gasteiger partial charge on any atom is -0.338 e. The summed E-state index contributed by atoms with van der Waals surface area (Å²) >= 11 is 0. The molecule has 0 radical (unpaired) electrons. The Bertz CT molecular complexity index is 842. The van der Waals surface area contributed by atoms with Crippen molar-refractivity contribution in [2.45, 2.75) is 12.5 Å². The highest BCUT2D eigenvalue weighted by atomic mass is 19.1. The molecule has 0 aliphatic carbocycles. The predicted octanol–water partition coefficient (Wildman–Crippen LogP) is 3.34. The zero-order valence-corrected chi connectivity index (χ0v) is 15.2. The average molecular weight is 372 g/mol. The van der Waals surface area contributed by atoms with Gasteiger partial charge in [0.2, 0.25) is 0 Å². The number of anilines is 3. The molecule has 0 saturated carbocycles. The predicted molar refractivity (Wildman–Crippen MR) is 102 cm³/mol. The number of hydrogen-bond acceptors (Lipinski definition) is 3. The minimum absolute atomic E-state index is 0.126. The van der Waals surface area contributed by atoms with Gasteiger partial charge in [-0.3, -0.25) is 4.90 Å². The largest absolute Gasteiger partial charge is 0.338 e. The number of fused-ring (bicyclic) bond motifs is 1. The van der Waals surface area contributed by atoms with E-state index in [2.05, 4.69) is 10.2 Å². The number of amides is 2. The van der Waals surface area contributed by atoms with Gasteiger partial charge in [-0.05, 0) is 62.5 Å². The number of urea groups is 1. The van der Waals surface area contributed by atoms with E-state index in [9.17, 15) is 13.6 Å². The Hall–Kier alpha value is -2.67. The lowest BCUT2D eigenvalue weighted by atomic mass is 10.1. The van der Waals surface area contributed by atoms with Gasteiger partial charge in [-0.2, -0.15) is 0 Å². The first kappa shape index (κ1) is 17.7. The summed E-state index contributed by atoms with van der Waals surface area (Å²) in [5, 5.41) is 3.08. The lowest BCUT2D eigenvalue weighted by molar-refractivity contribution is 0.242. The summed E-state index contributed by atoms with van der Waals surface area (Å²) < 4.78 is 27.2. The van der Waals surface area contributed by atoms with E-state index in [4.69, 9.17) is 0 Å². The summed E-state index contributed by atoms with van der Waals surface area (Å²) in [6.45, 7) is 2.76. The Morgan fingerprint density at radius 1 is 1.00 bits per heavy atom. The normalized spacial score (nSPS) is 19.9. The fourth-order valence-corrected chi connectivity index (χ4v) is 3.79. The molecular weight excluding hydrogens is 350 g/mol. The molecule has 2 aromatic rings. The Morgan fingerprint density at radius 3 is 2.44 bits per heavy atom. The van der Waals surface area contributed by atoms with E-state index in [1.54, 1.807) is 23.1 Å². The molecule has 1 saturated heterocycles. The van der Waals surface area contributed by atoms with Gasteiger partial charge in [0.1, 0.15) is 11.6 Å². The van der Waals surface area contributed by atoms with Crippen LogP contribution in [0.15, 0.2) is 42.5 Å². The maximum absolute atomic E-state index is 13.9. The standard InChI is InChI=1S/C20H22F2N4O/c1-24-9-8-16(13-24)23-20(27)26-11-10-25(17-5-2-14(21)3-6-17)19-12-15(22)4-7-18(19)26/h2-7,12,16H,8-11,13H2,1H3,(H,23,27)/t16-/m0/s1.